The molecule has 0 spiro atoms. The number of amides is 2. The van der Waals surface area contributed by atoms with Gasteiger partial charge in [-0.2, -0.15) is 0 Å². The summed E-state index contributed by atoms with van der Waals surface area (Å²) in [7, 11) is 0. The molecule has 0 atom stereocenters. The van der Waals surface area contributed by atoms with Gasteiger partial charge < -0.3 is 10.6 Å². The highest BCUT2D eigenvalue weighted by atomic mass is 32.1. The van der Waals surface area contributed by atoms with E-state index in [0.717, 1.165) is 11.3 Å². The Labute approximate surface area is 136 Å². The Hall–Kier alpha value is -1.62. The molecule has 0 bridgehead atoms. The first kappa shape index (κ1) is 16.7. The SMILES string of the molecule is O=C(CCC(=O)NCc1cccs1)NCCC1=CCCCC1. The zero-order chi connectivity index (χ0) is 15.6. The first-order chi connectivity index (χ1) is 10.7. The molecule has 4 nitrogen and oxygen atoms in total. The lowest BCUT2D eigenvalue weighted by atomic mass is 9.97. The summed E-state index contributed by atoms with van der Waals surface area (Å²) in [6.45, 7) is 1.23. The molecule has 0 aliphatic heterocycles. The van der Waals surface area contributed by atoms with E-state index in [9.17, 15) is 9.59 Å². The number of allylic oxidation sites excluding steroid dienone is 1. The molecule has 2 N–H and O–H groups in total. The van der Waals surface area contributed by atoms with Crippen LogP contribution in [0, 0.1) is 0 Å². The minimum Gasteiger partial charge on any atom is -0.356 e. The van der Waals surface area contributed by atoms with Gasteiger partial charge in [0.25, 0.3) is 0 Å². The van der Waals surface area contributed by atoms with Crippen molar-refractivity contribution in [3.8, 4) is 0 Å². The largest absolute Gasteiger partial charge is 0.356 e. The third-order valence-corrected chi connectivity index (χ3v) is 4.65. The second-order valence-electron chi connectivity index (χ2n) is 5.56. The number of hydrogen-bond donors (Lipinski definition) is 2. The Balaban J connectivity index is 1.53. The molecule has 2 amide bonds. The molecule has 0 unspecified atom stereocenters. The van der Waals surface area contributed by atoms with Gasteiger partial charge in [-0.15, -0.1) is 11.3 Å². The molecule has 1 aromatic rings. The first-order valence-electron chi connectivity index (χ1n) is 7.98. The van der Waals surface area contributed by atoms with Crippen LogP contribution in [0.1, 0.15) is 49.8 Å². The van der Waals surface area contributed by atoms with E-state index in [4.69, 9.17) is 0 Å². The number of hydrogen-bond acceptors (Lipinski definition) is 3. The van der Waals surface area contributed by atoms with E-state index in [0.29, 0.717) is 13.1 Å². The van der Waals surface area contributed by atoms with Crippen molar-refractivity contribution in [2.24, 2.45) is 0 Å². The summed E-state index contributed by atoms with van der Waals surface area (Å²) in [5.41, 5.74) is 1.46. The van der Waals surface area contributed by atoms with Crippen LogP contribution >= 0.6 is 11.3 Å². The van der Waals surface area contributed by atoms with Crippen molar-refractivity contribution in [3.05, 3.63) is 34.0 Å². The minimum atomic E-state index is -0.0708. The molecular formula is C17H24N2O2S. The molecule has 0 fully saturated rings. The lowest BCUT2D eigenvalue weighted by Gasteiger charge is -2.12. The number of carbonyl (C=O) groups excluding carboxylic acids is 2. The monoisotopic (exact) mass is 320 g/mol. The second-order valence-corrected chi connectivity index (χ2v) is 6.60. The maximum Gasteiger partial charge on any atom is 0.220 e. The smallest absolute Gasteiger partial charge is 0.220 e. The highest BCUT2D eigenvalue weighted by Crippen LogP contribution is 2.19. The summed E-state index contributed by atoms with van der Waals surface area (Å²) in [6.07, 6.45) is 8.65. The van der Waals surface area contributed by atoms with Crippen molar-refractivity contribution in [1.82, 2.24) is 10.6 Å². The molecule has 1 aliphatic rings. The molecule has 0 saturated carbocycles. The van der Waals surface area contributed by atoms with E-state index in [1.54, 1.807) is 11.3 Å². The average molecular weight is 320 g/mol. The summed E-state index contributed by atoms with van der Waals surface area (Å²) in [4.78, 5) is 24.5. The topological polar surface area (TPSA) is 58.2 Å². The maximum absolute atomic E-state index is 11.7. The van der Waals surface area contributed by atoms with Crippen LogP contribution < -0.4 is 10.6 Å². The van der Waals surface area contributed by atoms with E-state index >= 15 is 0 Å². The fourth-order valence-electron chi connectivity index (χ4n) is 2.50. The van der Waals surface area contributed by atoms with Crippen LogP contribution in [0.5, 0.6) is 0 Å². The fourth-order valence-corrected chi connectivity index (χ4v) is 3.14. The van der Waals surface area contributed by atoms with Gasteiger partial charge in [-0.25, -0.2) is 0 Å². The lowest BCUT2D eigenvalue weighted by molar-refractivity contribution is -0.126. The summed E-state index contributed by atoms with van der Waals surface area (Å²) < 4.78 is 0. The zero-order valence-electron chi connectivity index (χ0n) is 12.9. The highest BCUT2D eigenvalue weighted by molar-refractivity contribution is 7.09. The van der Waals surface area contributed by atoms with Crippen molar-refractivity contribution in [2.75, 3.05) is 6.54 Å². The van der Waals surface area contributed by atoms with Gasteiger partial charge in [-0.05, 0) is 43.6 Å². The molecule has 5 heteroatoms. The molecule has 1 aromatic heterocycles. The Bertz CT molecular complexity index is 509. The van der Waals surface area contributed by atoms with E-state index in [-0.39, 0.29) is 24.7 Å². The number of carbonyl (C=O) groups is 2. The average Bonchev–Trinajstić information content (AvgIpc) is 3.05. The van der Waals surface area contributed by atoms with Gasteiger partial charge in [-0.3, -0.25) is 9.59 Å². The van der Waals surface area contributed by atoms with Crippen LogP contribution in [0.2, 0.25) is 0 Å². The molecule has 1 aliphatic carbocycles. The van der Waals surface area contributed by atoms with Gasteiger partial charge in [0.1, 0.15) is 0 Å². The van der Waals surface area contributed by atoms with Crippen LogP contribution in [-0.4, -0.2) is 18.4 Å². The normalized spacial score (nSPS) is 14.3. The van der Waals surface area contributed by atoms with E-state index < -0.39 is 0 Å². The first-order valence-corrected chi connectivity index (χ1v) is 8.85. The van der Waals surface area contributed by atoms with Crippen molar-refractivity contribution in [3.63, 3.8) is 0 Å². The molecule has 1 heterocycles. The predicted octanol–water partition coefficient (Wildman–Crippen LogP) is 3.15. The maximum atomic E-state index is 11.7. The number of nitrogens with one attached hydrogen (secondary N) is 2. The summed E-state index contributed by atoms with van der Waals surface area (Å²) in [6, 6.07) is 3.94. The molecule has 22 heavy (non-hydrogen) atoms. The van der Waals surface area contributed by atoms with Crippen LogP contribution in [-0.2, 0) is 16.1 Å². The van der Waals surface area contributed by atoms with Gasteiger partial charge in [0.2, 0.25) is 11.8 Å². The van der Waals surface area contributed by atoms with Gasteiger partial charge in [-0.1, -0.05) is 17.7 Å². The standard InChI is InChI=1S/C17H24N2O2S/c20-16(18-11-10-14-5-2-1-3-6-14)8-9-17(21)19-13-15-7-4-12-22-15/h4-5,7,12H,1-3,6,8-11,13H2,(H,18,20)(H,19,21). The Morgan fingerprint density at radius 1 is 1.14 bits per heavy atom. The summed E-state index contributed by atoms with van der Waals surface area (Å²) >= 11 is 1.61. The van der Waals surface area contributed by atoms with Gasteiger partial charge in [0.05, 0.1) is 6.54 Å². The third kappa shape index (κ3) is 6.43. The molecule has 120 valence electrons. The molecule has 2 rings (SSSR count). The number of thiophene rings is 1. The molecule has 0 radical (unpaired) electrons. The Morgan fingerprint density at radius 3 is 2.64 bits per heavy atom. The van der Waals surface area contributed by atoms with Crippen LogP contribution in [0.3, 0.4) is 0 Å². The van der Waals surface area contributed by atoms with Crippen molar-refractivity contribution in [1.29, 1.82) is 0 Å². The van der Waals surface area contributed by atoms with Gasteiger partial charge >= 0.3 is 0 Å². The molecular weight excluding hydrogens is 296 g/mol. The predicted molar refractivity (Wildman–Crippen MR) is 89.6 cm³/mol. The van der Waals surface area contributed by atoms with E-state index in [1.807, 2.05) is 17.5 Å². The number of rotatable bonds is 8. The van der Waals surface area contributed by atoms with Crippen molar-refractivity contribution >= 4 is 23.2 Å². The molecule has 0 saturated heterocycles. The van der Waals surface area contributed by atoms with Crippen molar-refractivity contribution < 1.29 is 9.59 Å². The Morgan fingerprint density at radius 2 is 1.95 bits per heavy atom. The summed E-state index contributed by atoms with van der Waals surface area (Å²) in [5.74, 6) is -0.110. The lowest BCUT2D eigenvalue weighted by Crippen LogP contribution is -2.28. The fraction of sp³-hybridized carbons (Fsp3) is 0.529. The molecule has 0 aromatic carbocycles. The van der Waals surface area contributed by atoms with Gasteiger partial charge in [0.15, 0.2) is 0 Å². The summed E-state index contributed by atoms with van der Waals surface area (Å²) in [5, 5.41) is 7.71. The highest BCUT2D eigenvalue weighted by Gasteiger charge is 2.08. The van der Waals surface area contributed by atoms with E-state index in [2.05, 4.69) is 16.7 Å². The Kier molecular flexibility index (Phi) is 7.16. The van der Waals surface area contributed by atoms with Crippen LogP contribution in [0.4, 0.5) is 0 Å². The second kappa shape index (κ2) is 9.41. The van der Waals surface area contributed by atoms with Crippen LogP contribution in [0.25, 0.3) is 0 Å². The van der Waals surface area contributed by atoms with Gasteiger partial charge in [0, 0.05) is 24.3 Å². The van der Waals surface area contributed by atoms with Crippen LogP contribution in [0.15, 0.2) is 29.2 Å². The minimum absolute atomic E-state index is 0.0392. The van der Waals surface area contributed by atoms with Crippen molar-refractivity contribution in [2.45, 2.75) is 51.5 Å². The third-order valence-electron chi connectivity index (χ3n) is 3.77. The quantitative estimate of drug-likeness (QED) is 0.723. The van der Waals surface area contributed by atoms with E-state index in [1.165, 1.54) is 31.3 Å². The zero-order valence-corrected chi connectivity index (χ0v) is 13.7.